The van der Waals surface area contributed by atoms with Crippen LogP contribution in [-0.2, 0) is 22.4 Å². The lowest BCUT2D eigenvalue weighted by molar-refractivity contribution is -0.139. The van der Waals surface area contributed by atoms with Crippen molar-refractivity contribution in [2.75, 3.05) is 16.0 Å². The summed E-state index contributed by atoms with van der Waals surface area (Å²) in [5, 5.41) is 20.4. The Labute approximate surface area is 237 Å². The van der Waals surface area contributed by atoms with Gasteiger partial charge in [-0.1, -0.05) is 60.7 Å². The molecule has 1 atom stereocenters. The van der Waals surface area contributed by atoms with Crippen molar-refractivity contribution in [3.05, 3.63) is 125 Å². The first kappa shape index (κ1) is 28.6. The van der Waals surface area contributed by atoms with Gasteiger partial charge in [-0.25, -0.2) is 9.59 Å². The van der Waals surface area contributed by atoms with Gasteiger partial charge in [0.05, 0.1) is 6.42 Å². The van der Waals surface area contributed by atoms with Gasteiger partial charge in [0.1, 0.15) is 6.04 Å². The first-order chi connectivity index (χ1) is 19.8. The molecule has 4 aromatic carbocycles. The number of carboxylic acids is 1. The van der Waals surface area contributed by atoms with Crippen LogP contribution in [0, 0.1) is 6.92 Å². The number of carbonyl (C=O) groups is 4. The fourth-order valence-electron chi connectivity index (χ4n) is 4.09. The second-order valence-corrected chi connectivity index (χ2v) is 9.45. The van der Waals surface area contributed by atoms with Crippen LogP contribution in [0.5, 0.6) is 0 Å². The van der Waals surface area contributed by atoms with E-state index in [0.29, 0.717) is 11.4 Å². The van der Waals surface area contributed by atoms with E-state index in [4.69, 9.17) is 0 Å². The number of rotatable bonds is 10. The molecule has 0 spiro atoms. The van der Waals surface area contributed by atoms with E-state index >= 15 is 0 Å². The minimum Gasteiger partial charge on any atom is -0.480 e. The van der Waals surface area contributed by atoms with Gasteiger partial charge < -0.3 is 26.4 Å². The lowest BCUT2D eigenvalue weighted by atomic mass is 10.1. The van der Waals surface area contributed by atoms with Crippen LogP contribution in [-0.4, -0.2) is 35.0 Å². The summed E-state index contributed by atoms with van der Waals surface area (Å²) >= 11 is 0. The van der Waals surface area contributed by atoms with E-state index in [0.717, 1.165) is 22.4 Å². The molecule has 9 heteroatoms. The zero-order valence-electron chi connectivity index (χ0n) is 22.4. The van der Waals surface area contributed by atoms with Crippen molar-refractivity contribution < 1.29 is 24.3 Å². The first-order valence-electron chi connectivity index (χ1n) is 13.0. The number of para-hydroxylation sites is 1. The summed E-state index contributed by atoms with van der Waals surface area (Å²) in [4.78, 5) is 49.1. The van der Waals surface area contributed by atoms with Gasteiger partial charge in [-0.05, 0) is 66.1 Å². The zero-order chi connectivity index (χ0) is 29.2. The first-order valence-corrected chi connectivity index (χ1v) is 13.0. The largest absolute Gasteiger partial charge is 0.480 e. The van der Waals surface area contributed by atoms with Gasteiger partial charge in [-0.2, -0.15) is 0 Å². The van der Waals surface area contributed by atoms with Crippen LogP contribution >= 0.6 is 0 Å². The van der Waals surface area contributed by atoms with Crippen LogP contribution in [0.2, 0.25) is 0 Å². The highest BCUT2D eigenvalue weighted by Crippen LogP contribution is 2.16. The highest BCUT2D eigenvalue weighted by Gasteiger charge is 2.21. The number of anilines is 3. The van der Waals surface area contributed by atoms with Gasteiger partial charge in [0.25, 0.3) is 5.91 Å². The molecule has 9 nitrogen and oxygen atoms in total. The molecule has 0 fully saturated rings. The van der Waals surface area contributed by atoms with Gasteiger partial charge in [-0.3, -0.25) is 9.59 Å². The molecule has 0 radical (unpaired) electrons. The van der Waals surface area contributed by atoms with E-state index in [9.17, 15) is 24.3 Å². The maximum atomic E-state index is 12.6. The Bertz CT molecular complexity index is 1520. The Morgan fingerprint density at radius 3 is 1.95 bits per heavy atom. The third kappa shape index (κ3) is 8.52. The lowest BCUT2D eigenvalue weighted by Gasteiger charge is -2.15. The molecule has 0 bridgehead atoms. The molecular formula is C32H30N4O5. The van der Waals surface area contributed by atoms with E-state index in [2.05, 4.69) is 21.3 Å². The number of amides is 4. The molecule has 0 aliphatic carbocycles. The smallest absolute Gasteiger partial charge is 0.326 e. The second kappa shape index (κ2) is 13.6. The summed E-state index contributed by atoms with van der Waals surface area (Å²) in [6.07, 6.45) is 0.269. The van der Waals surface area contributed by atoms with Gasteiger partial charge in [-0.15, -0.1) is 0 Å². The van der Waals surface area contributed by atoms with Crippen molar-refractivity contribution in [1.29, 1.82) is 0 Å². The predicted molar refractivity (Wildman–Crippen MR) is 158 cm³/mol. The van der Waals surface area contributed by atoms with Crippen molar-refractivity contribution in [2.24, 2.45) is 0 Å². The zero-order valence-corrected chi connectivity index (χ0v) is 22.4. The van der Waals surface area contributed by atoms with Gasteiger partial charge in [0.2, 0.25) is 5.91 Å². The number of hydrogen-bond donors (Lipinski definition) is 5. The number of aryl methyl sites for hydroxylation is 1. The normalized spacial score (nSPS) is 11.1. The summed E-state index contributed by atoms with van der Waals surface area (Å²) in [6.45, 7) is 1.91. The molecule has 5 N–H and O–H groups in total. The van der Waals surface area contributed by atoms with Crippen LogP contribution in [0.4, 0.5) is 21.9 Å². The topological polar surface area (TPSA) is 137 Å². The molecule has 208 valence electrons. The van der Waals surface area contributed by atoms with Gasteiger partial charge in [0, 0.05) is 29.0 Å². The number of carbonyl (C=O) groups excluding carboxylic acids is 3. The molecule has 0 saturated heterocycles. The number of aliphatic carboxylic acids is 1. The average Bonchev–Trinajstić information content (AvgIpc) is 2.96. The molecule has 1 unspecified atom stereocenters. The third-order valence-electron chi connectivity index (χ3n) is 6.29. The van der Waals surface area contributed by atoms with E-state index in [1.54, 1.807) is 48.5 Å². The maximum Gasteiger partial charge on any atom is 0.326 e. The Morgan fingerprint density at radius 2 is 1.29 bits per heavy atom. The number of carboxylic acid groups (broad SMARTS) is 1. The molecule has 0 aliphatic heterocycles. The number of hydrogen-bond acceptors (Lipinski definition) is 4. The number of benzene rings is 4. The molecule has 4 aromatic rings. The van der Waals surface area contributed by atoms with E-state index in [1.165, 1.54) is 12.1 Å². The minimum absolute atomic E-state index is 0.109. The van der Waals surface area contributed by atoms with Crippen LogP contribution in [0.1, 0.15) is 27.0 Å². The van der Waals surface area contributed by atoms with Gasteiger partial charge >= 0.3 is 12.0 Å². The van der Waals surface area contributed by atoms with E-state index in [-0.39, 0.29) is 30.3 Å². The van der Waals surface area contributed by atoms with Crippen LogP contribution in [0.3, 0.4) is 0 Å². The van der Waals surface area contributed by atoms with Crippen molar-refractivity contribution in [1.82, 2.24) is 5.32 Å². The minimum atomic E-state index is -1.12. The van der Waals surface area contributed by atoms with Crippen molar-refractivity contribution in [3.8, 4) is 0 Å². The molecule has 4 rings (SSSR count). The summed E-state index contributed by atoms with van der Waals surface area (Å²) in [7, 11) is 0. The molecular weight excluding hydrogens is 520 g/mol. The fourth-order valence-corrected chi connectivity index (χ4v) is 4.09. The molecule has 41 heavy (non-hydrogen) atoms. The van der Waals surface area contributed by atoms with Crippen LogP contribution < -0.4 is 21.3 Å². The van der Waals surface area contributed by atoms with Crippen LogP contribution in [0.25, 0.3) is 0 Å². The van der Waals surface area contributed by atoms with Crippen molar-refractivity contribution in [3.63, 3.8) is 0 Å². The van der Waals surface area contributed by atoms with E-state index < -0.39 is 17.9 Å². The van der Waals surface area contributed by atoms with Crippen molar-refractivity contribution in [2.45, 2.75) is 25.8 Å². The summed E-state index contributed by atoms with van der Waals surface area (Å²) in [5.74, 6) is -1.90. The molecule has 0 aliphatic rings. The molecule has 0 heterocycles. The number of nitrogens with one attached hydrogen (secondary N) is 4. The van der Waals surface area contributed by atoms with Gasteiger partial charge in [0.15, 0.2) is 0 Å². The Balaban J connectivity index is 1.26. The number of urea groups is 1. The predicted octanol–water partition coefficient (Wildman–Crippen LogP) is 5.25. The summed E-state index contributed by atoms with van der Waals surface area (Å²) < 4.78 is 0. The quantitative estimate of drug-likeness (QED) is 0.184. The monoisotopic (exact) mass is 550 g/mol. The second-order valence-electron chi connectivity index (χ2n) is 9.45. The Kier molecular flexibility index (Phi) is 9.45. The Hall–Kier alpha value is -5.44. The highest BCUT2D eigenvalue weighted by molar-refractivity contribution is 6.00. The summed E-state index contributed by atoms with van der Waals surface area (Å²) in [5.41, 5.74) is 4.58. The standard InChI is InChI=1S/C32H30N4O5/c1-21-7-5-6-10-27(21)36-32(41)34-26-15-11-23(12-16-26)20-29(37)33-25-17-13-24(14-18-25)30(38)35-28(31(39)40)19-22-8-3-2-4-9-22/h2-18,28H,19-20H2,1H3,(H,33,37)(H,35,38)(H,39,40)(H2,34,36,41). The lowest BCUT2D eigenvalue weighted by Crippen LogP contribution is -2.42. The fraction of sp³-hybridized carbons (Fsp3) is 0.125. The average molecular weight is 551 g/mol. The molecule has 0 saturated carbocycles. The van der Waals surface area contributed by atoms with Crippen molar-refractivity contribution >= 4 is 40.9 Å². The van der Waals surface area contributed by atoms with E-state index in [1.807, 2.05) is 49.4 Å². The SMILES string of the molecule is Cc1ccccc1NC(=O)Nc1ccc(CC(=O)Nc2ccc(C(=O)NC(Cc3ccccc3)C(=O)O)cc2)cc1. The Morgan fingerprint density at radius 1 is 0.683 bits per heavy atom. The highest BCUT2D eigenvalue weighted by atomic mass is 16.4. The maximum absolute atomic E-state index is 12.6. The third-order valence-corrected chi connectivity index (χ3v) is 6.29. The molecule has 4 amide bonds. The molecule has 0 aromatic heterocycles. The summed E-state index contributed by atoms with van der Waals surface area (Å²) in [6, 6.07) is 28.2. The van der Waals surface area contributed by atoms with Crippen LogP contribution in [0.15, 0.2) is 103 Å².